The number of hydrogen-bond acceptors (Lipinski definition) is 4. The summed E-state index contributed by atoms with van der Waals surface area (Å²) in [5.74, 6) is -0.948. The van der Waals surface area contributed by atoms with Crippen LogP contribution in [0.25, 0.3) is 0 Å². The predicted octanol–water partition coefficient (Wildman–Crippen LogP) is 2.82. The highest BCUT2D eigenvalue weighted by Gasteiger charge is 2.22. The minimum atomic E-state index is -0.802. The molecule has 0 saturated carbocycles. The summed E-state index contributed by atoms with van der Waals surface area (Å²) in [7, 11) is 1.27. The van der Waals surface area contributed by atoms with E-state index in [1.165, 1.54) is 31.0 Å². The summed E-state index contributed by atoms with van der Waals surface area (Å²) >= 11 is 1.38. The van der Waals surface area contributed by atoms with Crippen molar-refractivity contribution >= 4 is 23.6 Å². The van der Waals surface area contributed by atoms with Gasteiger partial charge in [-0.15, -0.1) is 11.8 Å². The summed E-state index contributed by atoms with van der Waals surface area (Å²) in [6, 6.07) is 14.5. The fourth-order valence-corrected chi connectivity index (χ4v) is 2.82. The van der Waals surface area contributed by atoms with Crippen molar-refractivity contribution in [2.75, 3.05) is 12.9 Å². The Kier molecular flexibility index (Phi) is 6.81. The molecule has 2 aromatic carbocycles. The van der Waals surface area contributed by atoms with Crippen LogP contribution in [0.2, 0.25) is 0 Å². The normalized spacial score (nSPS) is 11.6. The van der Waals surface area contributed by atoms with Crippen molar-refractivity contribution in [3.8, 4) is 0 Å². The van der Waals surface area contributed by atoms with Crippen molar-refractivity contribution in [1.29, 1.82) is 0 Å². The van der Waals surface area contributed by atoms with Crippen LogP contribution in [0, 0.1) is 5.82 Å². The molecular weight excluding hydrogens is 329 g/mol. The van der Waals surface area contributed by atoms with Gasteiger partial charge in [0.2, 0.25) is 5.91 Å². The van der Waals surface area contributed by atoms with Crippen LogP contribution in [0.5, 0.6) is 0 Å². The molecule has 2 rings (SSSR count). The molecule has 24 heavy (non-hydrogen) atoms. The maximum atomic E-state index is 13.0. The van der Waals surface area contributed by atoms with Crippen LogP contribution >= 0.6 is 11.8 Å². The molecule has 0 aliphatic carbocycles. The third kappa shape index (κ3) is 5.70. The fraction of sp³-hybridized carbons (Fsp3) is 0.222. The summed E-state index contributed by atoms with van der Waals surface area (Å²) in [6.45, 7) is 0. The number of nitrogens with one attached hydrogen (secondary N) is 1. The molecule has 1 unspecified atom stereocenters. The molecule has 0 saturated heterocycles. The Morgan fingerprint density at radius 2 is 1.79 bits per heavy atom. The number of ether oxygens (including phenoxy) is 1. The van der Waals surface area contributed by atoms with Gasteiger partial charge in [0.15, 0.2) is 0 Å². The Hall–Kier alpha value is -2.34. The fourth-order valence-electron chi connectivity index (χ4n) is 2.09. The second-order valence-corrected chi connectivity index (χ2v) is 6.12. The Morgan fingerprint density at radius 3 is 2.42 bits per heavy atom. The minimum Gasteiger partial charge on any atom is -0.467 e. The van der Waals surface area contributed by atoms with E-state index in [2.05, 4.69) is 5.32 Å². The van der Waals surface area contributed by atoms with Gasteiger partial charge < -0.3 is 10.1 Å². The van der Waals surface area contributed by atoms with Gasteiger partial charge in [0.1, 0.15) is 11.9 Å². The van der Waals surface area contributed by atoms with Crippen molar-refractivity contribution in [2.24, 2.45) is 0 Å². The molecule has 0 fully saturated rings. The van der Waals surface area contributed by atoms with Crippen LogP contribution in [0.15, 0.2) is 59.5 Å². The highest BCUT2D eigenvalue weighted by Crippen LogP contribution is 2.16. The first-order chi connectivity index (χ1) is 11.6. The van der Waals surface area contributed by atoms with Crippen LogP contribution in [0.4, 0.5) is 4.39 Å². The van der Waals surface area contributed by atoms with E-state index < -0.39 is 12.0 Å². The lowest BCUT2D eigenvalue weighted by molar-refractivity contribution is -0.144. The smallest absolute Gasteiger partial charge is 0.328 e. The first-order valence-corrected chi connectivity index (χ1v) is 8.36. The Bertz CT molecular complexity index is 676. The molecule has 0 spiro atoms. The number of esters is 1. The largest absolute Gasteiger partial charge is 0.467 e. The van der Waals surface area contributed by atoms with Crippen LogP contribution in [0.1, 0.15) is 5.56 Å². The molecule has 0 aliphatic heterocycles. The third-order valence-electron chi connectivity index (χ3n) is 3.29. The van der Waals surface area contributed by atoms with Crippen molar-refractivity contribution in [3.05, 3.63) is 66.0 Å². The number of thioether (sulfide) groups is 1. The highest BCUT2D eigenvalue weighted by atomic mass is 32.2. The molecule has 0 radical (unpaired) electrons. The van der Waals surface area contributed by atoms with Gasteiger partial charge >= 0.3 is 5.97 Å². The zero-order valence-corrected chi connectivity index (χ0v) is 14.0. The van der Waals surface area contributed by atoms with E-state index in [4.69, 9.17) is 4.74 Å². The molecule has 126 valence electrons. The lowest BCUT2D eigenvalue weighted by Gasteiger charge is -2.16. The topological polar surface area (TPSA) is 55.4 Å². The van der Waals surface area contributed by atoms with Crippen LogP contribution in [0.3, 0.4) is 0 Å². The summed E-state index contributed by atoms with van der Waals surface area (Å²) < 4.78 is 17.7. The first kappa shape index (κ1) is 18.0. The molecule has 2 aromatic rings. The average Bonchev–Trinajstić information content (AvgIpc) is 2.61. The molecule has 1 amide bonds. The summed E-state index contributed by atoms with van der Waals surface area (Å²) in [5, 5.41) is 2.67. The average molecular weight is 347 g/mol. The maximum absolute atomic E-state index is 13.0. The van der Waals surface area contributed by atoms with Crippen molar-refractivity contribution < 1.29 is 18.7 Å². The molecule has 0 aliphatic rings. The van der Waals surface area contributed by atoms with Crippen LogP contribution < -0.4 is 5.32 Å². The van der Waals surface area contributed by atoms with Gasteiger partial charge in [-0.05, 0) is 29.8 Å². The SMILES string of the molecule is COC(=O)C(Cc1ccc(F)cc1)NC(=O)CSc1ccccc1. The molecule has 6 heteroatoms. The quantitative estimate of drug-likeness (QED) is 0.618. The number of benzene rings is 2. The van der Waals surface area contributed by atoms with Crippen LogP contribution in [-0.2, 0) is 20.7 Å². The molecule has 1 N–H and O–H groups in total. The predicted molar refractivity (Wildman–Crippen MR) is 91.2 cm³/mol. The van der Waals surface area contributed by atoms with Crippen molar-refractivity contribution in [2.45, 2.75) is 17.4 Å². The zero-order valence-electron chi connectivity index (χ0n) is 13.2. The Balaban J connectivity index is 1.93. The maximum Gasteiger partial charge on any atom is 0.328 e. The van der Waals surface area contributed by atoms with Gasteiger partial charge in [-0.3, -0.25) is 4.79 Å². The molecule has 4 nitrogen and oxygen atoms in total. The number of methoxy groups -OCH3 is 1. The van der Waals surface area contributed by atoms with E-state index in [0.717, 1.165) is 10.5 Å². The first-order valence-electron chi connectivity index (χ1n) is 7.38. The van der Waals surface area contributed by atoms with E-state index >= 15 is 0 Å². The molecule has 1 atom stereocenters. The number of hydrogen-bond donors (Lipinski definition) is 1. The van der Waals surface area contributed by atoms with Crippen LogP contribution in [-0.4, -0.2) is 30.8 Å². The van der Waals surface area contributed by atoms with E-state index in [1.54, 1.807) is 12.1 Å². The van der Waals surface area contributed by atoms with Crippen molar-refractivity contribution in [1.82, 2.24) is 5.32 Å². The highest BCUT2D eigenvalue weighted by molar-refractivity contribution is 8.00. The van der Waals surface area contributed by atoms with Gasteiger partial charge in [0.05, 0.1) is 12.9 Å². The minimum absolute atomic E-state index is 0.195. The summed E-state index contributed by atoms with van der Waals surface area (Å²) in [6.07, 6.45) is 0.245. The lowest BCUT2D eigenvalue weighted by Crippen LogP contribution is -2.43. The molecular formula is C18H18FNO3S. The molecule has 0 heterocycles. The van der Waals surface area contributed by atoms with Gasteiger partial charge in [0.25, 0.3) is 0 Å². The van der Waals surface area contributed by atoms with E-state index in [9.17, 15) is 14.0 Å². The zero-order chi connectivity index (χ0) is 17.4. The third-order valence-corrected chi connectivity index (χ3v) is 4.30. The number of carbonyl (C=O) groups is 2. The van der Waals surface area contributed by atoms with Crippen molar-refractivity contribution in [3.63, 3.8) is 0 Å². The number of amides is 1. The monoisotopic (exact) mass is 347 g/mol. The van der Waals surface area contributed by atoms with Gasteiger partial charge in [-0.2, -0.15) is 0 Å². The number of rotatable bonds is 7. The number of carbonyl (C=O) groups excluding carboxylic acids is 2. The van der Waals surface area contributed by atoms with E-state index in [1.807, 2.05) is 30.3 Å². The molecule has 0 aromatic heterocycles. The summed E-state index contributed by atoms with van der Waals surface area (Å²) in [5.41, 5.74) is 0.739. The second-order valence-electron chi connectivity index (χ2n) is 5.08. The second kappa shape index (κ2) is 9.08. The standard InChI is InChI=1S/C18H18FNO3S/c1-23-18(22)16(11-13-7-9-14(19)10-8-13)20-17(21)12-24-15-5-3-2-4-6-15/h2-10,16H,11-12H2,1H3,(H,20,21). The van der Waals surface area contributed by atoms with Gasteiger partial charge in [0, 0.05) is 11.3 Å². The Labute approximate surface area is 144 Å². The Morgan fingerprint density at radius 1 is 1.12 bits per heavy atom. The lowest BCUT2D eigenvalue weighted by atomic mass is 10.1. The van der Waals surface area contributed by atoms with E-state index in [0.29, 0.717) is 0 Å². The molecule has 0 bridgehead atoms. The van der Waals surface area contributed by atoms with E-state index in [-0.39, 0.29) is 23.9 Å². The van der Waals surface area contributed by atoms with Gasteiger partial charge in [-0.1, -0.05) is 30.3 Å². The number of halogens is 1. The van der Waals surface area contributed by atoms with Gasteiger partial charge in [-0.25, -0.2) is 9.18 Å². The summed E-state index contributed by atoms with van der Waals surface area (Å²) in [4.78, 5) is 24.9.